The number of anilines is 1. The van der Waals surface area contributed by atoms with Gasteiger partial charge in [0.05, 0.1) is 19.8 Å². The molecule has 0 fully saturated rings. The van der Waals surface area contributed by atoms with Gasteiger partial charge in [0.2, 0.25) is 5.71 Å². The third-order valence-electron chi connectivity index (χ3n) is 2.23. The van der Waals surface area contributed by atoms with E-state index in [-0.39, 0.29) is 36.4 Å². The Kier molecular flexibility index (Phi) is 8.18. The molecule has 9 nitrogen and oxygen atoms in total. The zero-order valence-corrected chi connectivity index (χ0v) is 15.1. The summed E-state index contributed by atoms with van der Waals surface area (Å²) in [5, 5.41) is 8.06. The van der Waals surface area contributed by atoms with Crippen molar-refractivity contribution in [3.05, 3.63) is 11.1 Å². The molecule has 0 amide bonds. The Morgan fingerprint density at radius 2 is 1.96 bits per heavy atom. The van der Waals surface area contributed by atoms with Crippen molar-refractivity contribution in [2.24, 2.45) is 5.16 Å². The van der Waals surface area contributed by atoms with Crippen molar-refractivity contribution < 1.29 is 28.0 Å². The van der Waals surface area contributed by atoms with Gasteiger partial charge in [-0.15, -0.1) is 11.3 Å². The first-order valence-electron chi connectivity index (χ1n) is 6.91. The third kappa shape index (κ3) is 5.91. The largest absolute Gasteiger partial charge is 0.461 e. The van der Waals surface area contributed by atoms with Crippen LogP contribution in [0.1, 0.15) is 26.5 Å². The Balaban J connectivity index is 2.96. The van der Waals surface area contributed by atoms with Crippen LogP contribution in [0.2, 0.25) is 0 Å². The molecule has 0 saturated carbocycles. The lowest BCUT2D eigenvalue weighted by molar-refractivity contribution is -0.135. The van der Waals surface area contributed by atoms with Crippen LogP contribution in [-0.2, 0) is 28.0 Å². The third-order valence-corrected chi connectivity index (χ3v) is 4.82. The molecule has 0 aromatic carbocycles. The minimum absolute atomic E-state index is 0.0821. The van der Waals surface area contributed by atoms with Crippen molar-refractivity contribution in [3.8, 4) is 0 Å². The molecule has 1 rings (SSSR count). The van der Waals surface area contributed by atoms with Crippen LogP contribution in [-0.4, -0.2) is 43.6 Å². The van der Waals surface area contributed by atoms with Crippen LogP contribution >= 0.6 is 19.1 Å². The van der Waals surface area contributed by atoms with Crippen LogP contribution in [0.25, 0.3) is 0 Å². The van der Waals surface area contributed by atoms with Crippen LogP contribution in [0.3, 0.4) is 0 Å². The summed E-state index contributed by atoms with van der Waals surface area (Å²) in [6.07, 6.45) is 0. The normalized spacial score (nSPS) is 12.1. The van der Waals surface area contributed by atoms with E-state index in [1.165, 1.54) is 7.11 Å². The van der Waals surface area contributed by atoms with Gasteiger partial charge in [-0.05, 0) is 20.8 Å². The number of rotatable bonds is 10. The van der Waals surface area contributed by atoms with Crippen LogP contribution in [0.15, 0.2) is 10.5 Å². The van der Waals surface area contributed by atoms with E-state index in [0.29, 0.717) is 0 Å². The Morgan fingerprint density at radius 3 is 2.48 bits per heavy atom. The van der Waals surface area contributed by atoms with Crippen LogP contribution in [0, 0.1) is 0 Å². The van der Waals surface area contributed by atoms with Gasteiger partial charge in [-0.1, -0.05) is 5.16 Å². The van der Waals surface area contributed by atoms with Gasteiger partial charge >= 0.3 is 13.7 Å². The second kappa shape index (κ2) is 9.61. The van der Waals surface area contributed by atoms with Crippen LogP contribution in [0.5, 0.6) is 0 Å². The van der Waals surface area contributed by atoms with Crippen LogP contribution in [0.4, 0.5) is 5.13 Å². The summed E-state index contributed by atoms with van der Waals surface area (Å²) in [5.74, 6) is -0.663. The SMILES string of the molecule is CCOC(=O)C(=NOC)c1csc(NP(=O)(OCC)OCC)n1. The van der Waals surface area contributed by atoms with Gasteiger partial charge in [0.15, 0.2) is 5.13 Å². The number of nitrogens with zero attached hydrogens (tertiary/aromatic N) is 2. The van der Waals surface area contributed by atoms with E-state index < -0.39 is 13.7 Å². The molecule has 0 atom stereocenters. The summed E-state index contributed by atoms with van der Waals surface area (Å²) in [4.78, 5) is 20.6. The van der Waals surface area contributed by atoms with Crippen molar-refractivity contribution >= 4 is 35.9 Å². The van der Waals surface area contributed by atoms with Crippen LogP contribution < -0.4 is 5.09 Å². The first-order valence-corrected chi connectivity index (χ1v) is 9.33. The van der Waals surface area contributed by atoms with Gasteiger partial charge in [0, 0.05) is 5.38 Å². The highest BCUT2D eigenvalue weighted by Crippen LogP contribution is 2.48. The standard InChI is InChI=1S/C12H20N3O6PS/c1-5-19-11(16)10(14-18-4)9-8-23-12(13-9)15-22(17,20-6-2)21-7-3/h8H,5-7H2,1-4H3,(H,13,15,17). The lowest BCUT2D eigenvalue weighted by atomic mass is 10.3. The number of esters is 1. The fourth-order valence-corrected chi connectivity index (χ4v) is 3.72. The summed E-state index contributed by atoms with van der Waals surface area (Å²) in [6.45, 7) is 5.69. The highest BCUT2D eigenvalue weighted by atomic mass is 32.1. The number of carbonyl (C=O) groups excluding carboxylic acids is 1. The smallest absolute Gasteiger partial charge is 0.434 e. The summed E-state index contributed by atoms with van der Waals surface area (Å²) in [7, 11) is -2.19. The molecule has 130 valence electrons. The molecule has 1 N–H and O–H groups in total. The quantitative estimate of drug-likeness (QED) is 0.292. The molecule has 1 aromatic rings. The molecule has 0 radical (unpaired) electrons. The maximum atomic E-state index is 12.4. The Hall–Kier alpha value is -1.48. The molecule has 0 aliphatic carbocycles. The number of thiazole rings is 1. The number of carbonyl (C=O) groups is 1. The summed E-state index contributed by atoms with van der Waals surface area (Å²) < 4.78 is 27.5. The fraction of sp³-hybridized carbons (Fsp3) is 0.583. The molecule has 1 heterocycles. The van der Waals surface area contributed by atoms with E-state index in [4.69, 9.17) is 13.8 Å². The molecule has 0 saturated heterocycles. The van der Waals surface area contributed by atoms with Crippen molar-refractivity contribution in [1.82, 2.24) is 4.98 Å². The molecule has 0 bridgehead atoms. The van der Waals surface area contributed by atoms with Crippen molar-refractivity contribution in [2.45, 2.75) is 20.8 Å². The zero-order chi connectivity index (χ0) is 17.3. The zero-order valence-electron chi connectivity index (χ0n) is 13.4. The van der Waals surface area contributed by atoms with Crippen molar-refractivity contribution in [1.29, 1.82) is 0 Å². The van der Waals surface area contributed by atoms with Gasteiger partial charge in [-0.25, -0.2) is 14.3 Å². The van der Waals surface area contributed by atoms with Gasteiger partial charge in [0.1, 0.15) is 12.8 Å². The fourth-order valence-electron chi connectivity index (χ4n) is 1.47. The average molecular weight is 365 g/mol. The van der Waals surface area contributed by atoms with E-state index in [1.54, 1.807) is 26.2 Å². The minimum Gasteiger partial charge on any atom is -0.461 e. The Morgan fingerprint density at radius 1 is 1.30 bits per heavy atom. The first kappa shape index (κ1) is 19.6. The monoisotopic (exact) mass is 365 g/mol. The number of oxime groups is 1. The van der Waals surface area contributed by atoms with Gasteiger partial charge in [-0.3, -0.25) is 14.1 Å². The van der Waals surface area contributed by atoms with E-state index in [2.05, 4.69) is 20.1 Å². The van der Waals surface area contributed by atoms with Gasteiger partial charge in [-0.2, -0.15) is 0 Å². The topological polar surface area (TPSA) is 108 Å². The van der Waals surface area contributed by atoms with Gasteiger partial charge < -0.3 is 9.57 Å². The average Bonchev–Trinajstić information content (AvgIpc) is 2.93. The lowest BCUT2D eigenvalue weighted by Gasteiger charge is -2.16. The molecule has 0 unspecified atom stereocenters. The highest BCUT2D eigenvalue weighted by Gasteiger charge is 2.26. The molecule has 0 aliphatic heterocycles. The maximum absolute atomic E-state index is 12.4. The molecular weight excluding hydrogens is 345 g/mol. The minimum atomic E-state index is -3.50. The number of ether oxygens (including phenoxy) is 1. The van der Waals surface area contributed by atoms with E-state index in [9.17, 15) is 9.36 Å². The molecular formula is C12H20N3O6PS. The summed E-state index contributed by atoms with van der Waals surface area (Å²) in [6, 6.07) is 0. The predicted octanol–water partition coefficient (Wildman–Crippen LogP) is 2.65. The Labute approximate surface area is 138 Å². The summed E-state index contributed by atoms with van der Waals surface area (Å²) >= 11 is 1.12. The molecule has 23 heavy (non-hydrogen) atoms. The number of aromatic nitrogens is 1. The lowest BCUT2D eigenvalue weighted by Crippen LogP contribution is -2.19. The number of hydrogen-bond donors (Lipinski definition) is 1. The number of hydrogen-bond acceptors (Lipinski definition) is 9. The molecule has 0 spiro atoms. The maximum Gasteiger partial charge on any atom is 0.434 e. The second-order valence-corrected chi connectivity index (χ2v) is 6.42. The second-order valence-electron chi connectivity index (χ2n) is 3.83. The van der Waals surface area contributed by atoms with E-state index in [0.717, 1.165) is 11.3 Å². The van der Waals surface area contributed by atoms with Crippen molar-refractivity contribution in [2.75, 3.05) is 32.0 Å². The molecule has 11 heteroatoms. The van der Waals surface area contributed by atoms with Gasteiger partial charge in [0.25, 0.3) is 0 Å². The van der Waals surface area contributed by atoms with Crippen molar-refractivity contribution in [3.63, 3.8) is 0 Å². The summed E-state index contributed by atoms with van der Waals surface area (Å²) in [5.41, 5.74) is 0.152. The van der Waals surface area contributed by atoms with E-state index >= 15 is 0 Å². The number of nitrogens with one attached hydrogen (secondary N) is 1. The van der Waals surface area contributed by atoms with E-state index in [1.807, 2.05) is 0 Å². The first-order chi connectivity index (χ1) is 11.0. The molecule has 1 aromatic heterocycles. The molecule has 0 aliphatic rings. The predicted molar refractivity (Wildman–Crippen MR) is 86.8 cm³/mol. The highest BCUT2D eigenvalue weighted by molar-refractivity contribution is 7.56. The Bertz CT molecular complexity index is 581.